The van der Waals surface area contributed by atoms with Gasteiger partial charge in [-0.25, -0.2) is 27.7 Å². The Kier molecular flexibility index (Phi) is 5.92. The van der Waals surface area contributed by atoms with Gasteiger partial charge in [-0.05, 0) is 37.1 Å². The van der Waals surface area contributed by atoms with Crippen LogP contribution in [0.2, 0.25) is 0 Å². The minimum Gasteiger partial charge on any atom is -0.299 e. The number of hydrogen-bond acceptors (Lipinski definition) is 6. The molecule has 164 valence electrons. The number of fused-ring (bicyclic) bond motifs is 1. The molecule has 3 rings (SSSR count). The van der Waals surface area contributed by atoms with Gasteiger partial charge in [0.2, 0.25) is 0 Å². The Labute approximate surface area is 176 Å². The lowest BCUT2D eigenvalue weighted by Crippen LogP contribution is -2.50. The van der Waals surface area contributed by atoms with E-state index in [0.717, 1.165) is 23.8 Å². The van der Waals surface area contributed by atoms with E-state index in [1.807, 2.05) is 0 Å². The summed E-state index contributed by atoms with van der Waals surface area (Å²) < 4.78 is 50.9. The van der Waals surface area contributed by atoms with Gasteiger partial charge in [0.05, 0.1) is 17.2 Å². The van der Waals surface area contributed by atoms with E-state index >= 15 is 0 Å². The molecular formula is C20H19F2N3O5S. The first-order valence-electron chi connectivity index (χ1n) is 9.07. The maximum absolute atomic E-state index is 14.1. The van der Waals surface area contributed by atoms with Gasteiger partial charge in [-0.2, -0.15) is 0 Å². The molecule has 0 saturated heterocycles. The lowest BCUT2D eigenvalue weighted by Gasteiger charge is -2.25. The predicted molar refractivity (Wildman–Crippen MR) is 109 cm³/mol. The molecule has 1 amide bonds. The summed E-state index contributed by atoms with van der Waals surface area (Å²) in [6.45, 7) is 0.978. The summed E-state index contributed by atoms with van der Waals surface area (Å²) in [6.07, 6.45) is 1.74. The van der Waals surface area contributed by atoms with Crippen molar-refractivity contribution in [3.05, 3.63) is 64.7 Å². The van der Waals surface area contributed by atoms with Crippen molar-refractivity contribution >= 4 is 26.6 Å². The van der Waals surface area contributed by atoms with Gasteiger partial charge in [0.1, 0.15) is 0 Å². The molecule has 11 heteroatoms. The number of hydroxylamine groups is 1. The van der Waals surface area contributed by atoms with Gasteiger partial charge in [0.15, 0.2) is 26.2 Å². The van der Waals surface area contributed by atoms with Crippen LogP contribution in [0, 0.1) is 11.6 Å². The summed E-state index contributed by atoms with van der Waals surface area (Å²) in [5.74, 6) is -3.13. The van der Waals surface area contributed by atoms with Gasteiger partial charge < -0.3 is 0 Å². The Morgan fingerprint density at radius 1 is 1.26 bits per heavy atom. The highest BCUT2D eigenvalue weighted by molar-refractivity contribution is 7.92. The first kappa shape index (κ1) is 22.5. The van der Waals surface area contributed by atoms with Crippen molar-refractivity contribution in [3.63, 3.8) is 0 Å². The second-order valence-corrected chi connectivity index (χ2v) is 9.72. The number of aryl methyl sites for hydroxylation is 1. The van der Waals surface area contributed by atoms with Crippen LogP contribution in [0.5, 0.6) is 0 Å². The third-order valence-corrected chi connectivity index (χ3v) is 7.34. The van der Waals surface area contributed by atoms with Crippen LogP contribution in [0.4, 0.5) is 8.78 Å². The second kappa shape index (κ2) is 8.16. The summed E-state index contributed by atoms with van der Waals surface area (Å²) >= 11 is 0. The van der Waals surface area contributed by atoms with Gasteiger partial charge in [0.25, 0.3) is 11.5 Å². The average molecular weight is 451 g/mol. The zero-order chi connectivity index (χ0) is 23.0. The molecule has 0 fully saturated rings. The molecule has 31 heavy (non-hydrogen) atoms. The van der Waals surface area contributed by atoms with Crippen molar-refractivity contribution in [2.24, 2.45) is 0 Å². The summed E-state index contributed by atoms with van der Waals surface area (Å²) in [6, 6.07) is 8.07. The lowest BCUT2D eigenvalue weighted by atomic mass is 10.0. The molecule has 0 aliphatic heterocycles. The van der Waals surface area contributed by atoms with Crippen LogP contribution in [0.3, 0.4) is 0 Å². The molecule has 1 atom stereocenters. The van der Waals surface area contributed by atoms with Crippen molar-refractivity contribution < 1.29 is 27.2 Å². The fourth-order valence-corrected chi connectivity index (χ4v) is 3.98. The highest BCUT2D eigenvalue weighted by Crippen LogP contribution is 2.26. The third-order valence-electron chi connectivity index (χ3n) is 5.32. The quantitative estimate of drug-likeness (QED) is 0.437. The number of carbonyl (C=O) groups excluding carboxylic acids is 1. The van der Waals surface area contributed by atoms with Crippen molar-refractivity contribution in [1.82, 2.24) is 15.0 Å². The van der Waals surface area contributed by atoms with Crippen LogP contribution in [0.25, 0.3) is 22.0 Å². The molecule has 0 aliphatic rings. The molecule has 8 nitrogen and oxygen atoms in total. The molecule has 1 aromatic heterocycles. The number of nitrogens with zero attached hydrogens (tertiary/aromatic N) is 2. The topological polar surface area (TPSA) is 118 Å². The molecule has 0 bridgehead atoms. The Hall–Kier alpha value is -3.18. The van der Waals surface area contributed by atoms with Crippen LogP contribution in [0.1, 0.15) is 13.3 Å². The minimum atomic E-state index is -3.92. The maximum atomic E-state index is 14.1. The fourth-order valence-electron chi connectivity index (χ4n) is 3.13. The largest absolute Gasteiger partial charge is 0.299 e. The first-order chi connectivity index (χ1) is 14.5. The Balaban J connectivity index is 1.98. The summed E-state index contributed by atoms with van der Waals surface area (Å²) in [7, 11) is -3.92. The smallest absolute Gasteiger partial charge is 0.264 e. The molecule has 0 saturated carbocycles. The fraction of sp³-hybridized carbons (Fsp3) is 0.250. The normalized spacial score (nSPS) is 13.7. The number of carbonyl (C=O) groups is 1. The second-order valence-electron chi connectivity index (χ2n) is 7.27. The van der Waals surface area contributed by atoms with Gasteiger partial charge in [-0.15, -0.1) is 0 Å². The van der Waals surface area contributed by atoms with Gasteiger partial charge in [-0.3, -0.25) is 19.4 Å². The molecule has 0 spiro atoms. The Morgan fingerprint density at radius 2 is 1.97 bits per heavy atom. The van der Waals surface area contributed by atoms with Crippen molar-refractivity contribution in [1.29, 1.82) is 0 Å². The average Bonchev–Trinajstić information content (AvgIpc) is 2.73. The van der Waals surface area contributed by atoms with E-state index in [2.05, 4.69) is 4.98 Å². The van der Waals surface area contributed by atoms with E-state index in [4.69, 9.17) is 5.21 Å². The molecule has 2 aromatic carbocycles. The number of hydrogen-bond donors (Lipinski definition) is 2. The highest BCUT2D eigenvalue weighted by Gasteiger charge is 2.43. The van der Waals surface area contributed by atoms with E-state index in [0.29, 0.717) is 5.56 Å². The number of rotatable bonds is 6. The standard InChI is InChI=1S/C20H19F2N3O5S/c1-20(19(27)24-28,31(2,29)30)8-9-25-11-23-16-10-12(6-7-14(16)18(25)26)13-4-3-5-15(21)17(13)22/h3-7,10-11,28H,8-9H2,1-2H3,(H,24,27). The number of aromatic nitrogens is 2. The van der Waals surface area contributed by atoms with E-state index in [1.54, 1.807) is 0 Å². The number of benzene rings is 2. The lowest BCUT2D eigenvalue weighted by molar-refractivity contribution is -0.131. The minimum absolute atomic E-state index is 0.0202. The van der Waals surface area contributed by atoms with Gasteiger partial charge in [-0.1, -0.05) is 18.2 Å². The van der Waals surface area contributed by atoms with E-state index < -0.39 is 37.7 Å². The van der Waals surface area contributed by atoms with Crippen molar-refractivity contribution in [3.8, 4) is 11.1 Å². The Morgan fingerprint density at radius 3 is 2.61 bits per heavy atom. The number of nitrogens with one attached hydrogen (secondary N) is 1. The van der Waals surface area contributed by atoms with Crippen LogP contribution < -0.4 is 11.0 Å². The van der Waals surface area contributed by atoms with Crippen LogP contribution in [-0.4, -0.2) is 40.1 Å². The summed E-state index contributed by atoms with van der Waals surface area (Å²) in [5.41, 5.74) is 1.43. The molecule has 1 heterocycles. The number of halogens is 2. The molecular weight excluding hydrogens is 432 g/mol. The predicted octanol–water partition coefficient (Wildman–Crippen LogP) is 2.04. The maximum Gasteiger partial charge on any atom is 0.264 e. The molecule has 1 unspecified atom stereocenters. The molecule has 0 aliphatic carbocycles. The van der Waals surface area contributed by atoms with Crippen molar-refractivity contribution in [2.45, 2.75) is 24.6 Å². The van der Waals surface area contributed by atoms with E-state index in [-0.39, 0.29) is 29.4 Å². The van der Waals surface area contributed by atoms with E-state index in [1.165, 1.54) is 42.1 Å². The van der Waals surface area contributed by atoms with Gasteiger partial charge >= 0.3 is 0 Å². The zero-order valence-electron chi connectivity index (χ0n) is 16.6. The van der Waals surface area contributed by atoms with Crippen LogP contribution in [-0.2, 0) is 21.2 Å². The third kappa shape index (κ3) is 4.06. The molecule has 3 aromatic rings. The Bertz CT molecular complexity index is 1340. The number of amides is 1. The van der Waals surface area contributed by atoms with Gasteiger partial charge in [0, 0.05) is 18.4 Å². The van der Waals surface area contributed by atoms with Crippen LogP contribution in [0.15, 0.2) is 47.5 Å². The zero-order valence-corrected chi connectivity index (χ0v) is 17.4. The number of sulfone groups is 1. The van der Waals surface area contributed by atoms with E-state index in [9.17, 15) is 26.8 Å². The van der Waals surface area contributed by atoms with Crippen LogP contribution >= 0.6 is 0 Å². The summed E-state index contributed by atoms with van der Waals surface area (Å²) in [5, 5.41) is 9.07. The highest BCUT2D eigenvalue weighted by atomic mass is 32.2. The molecule has 2 N–H and O–H groups in total. The monoisotopic (exact) mass is 451 g/mol. The van der Waals surface area contributed by atoms with Crippen molar-refractivity contribution in [2.75, 3.05) is 6.26 Å². The molecule has 0 radical (unpaired) electrons. The first-order valence-corrected chi connectivity index (χ1v) is 11.0. The SMILES string of the molecule is CC(CCn1cnc2cc(-c3cccc(F)c3F)ccc2c1=O)(C(=O)NO)S(C)(=O)=O. The summed E-state index contributed by atoms with van der Waals surface area (Å²) in [4.78, 5) is 28.9.